The van der Waals surface area contributed by atoms with Crippen molar-refractivity contribution in [2.24, 2.45) is 5.73 Å². The highest BCUT2D eigenvalue weighted by Crippen LogP contribution is 2.21. The van der Waals surface area contributed by atoms with E-state index < -0.39 is 23.5 Å². The maximum atomic E-state index is 10.4. The van der Waals surface area contributed by atoms with Gasteiger partial charge in [-0.15, -0.1) is 0 Å². The number of anilines is 1. The first kappa shape index (κ1) is 13.4. The first-order chi connectivity index (χ1) is 7.84. The zero-order chi connectivity index (χ0) is 13.1. The van der Waals surface area contributed by atoms with Gasteiger partial charge in [0.25, 0.3) is 12.4 Å². The first-order valence-corrected chi connectivity index (χ1v) is 5.00. The lowest BCUT2D eigenvalue weighted by atomic mass is 10.2. The van der Waals surface area contributed by atoms with Gasteiger partial charge in [-0.3, -0.25) is 15.8 Å². The van der Waals surface area contributed by atoms with Crippen molar-refractivity contribution in [1.82, 2.24) is 0 Å². The van der Waals surface area contributed by atoms with Gasteiger partial charge in [-0.25, -0.2) is 0 Å². The Bertz CT molecular complexity index is 380. The summed E-state index contributed by atoms with van der Waals surface area (Å²) in [4.78, 5) is 10.7. The van der Waals surface area contributed by atoms with Crippen molar-refractivity contribution in [3.05, 3.63) is 40.4 Å². The van der Waals surface area contributed by atoms with Gasteiger partial charge < -0.3 is 15.1 Å². The van der Waals surface area contributed by atoms with Gasteiger partial charge >= 0.3 is 0 Å². The van der Waals surface area contributed by atoms with Gasteiger partial charge in [-0.1, -0.05) is 18.2 Å². The first-order valence-electron chi connectivity index (χ1n) is 5.00. The molecule has 0 saturated heterocycles. The summed E-state index contributed by atoms with van der Waals surface area (Å²) in [5.41, 5.74) is 5.87. The smallest absolute Gasteiger partial charge is 0.265 e. The van der Waals surface area contributed by atoms with Crippen LogP contribution in [0, 0.1) is 10.1 Å². The van der Waals surface area contributed by atoms with E-state index in [4.69, 9.17) is 5.73 Å². The van der Waals surface area contributed by atoms with E-state index in [0.29, 0.717) is 5.69 Å². The molecule has 0 aliphatic carbocycles. The van der Waals surface area contributed by atoms with Crippen LogP contribution in [0.5, 0.6) is 0 Å². The van der Waals surface area contributed by atoms with Crippen molar-refractivity contribution in [3.63, 3.8) is 0 Å². The number of rotatable bonds is 5. The number of hydrogen-bond donors (Lipinski definition) is 3. The van der Waals surface area contributed by atoms with Crippen molar-refractivity contribution in [1.29, 1.82) is 0 Å². The number of hydrogen-bond acceptors (Lipinski definition) is 6. The lowest BCUT2D eigenvalue weighted by Crippen LogP contribution is -2.63. The molecule has 0 amide bonds. The van der Waals surface area contributed by atoms with E-state index in [2.05, 4.69) is 0 Å². The average Bonchev–Trinajstić information content (AvgIpc) is 2.15. The van der Waals surface area contributed by atoms with Crippen LogP contribution in [0.4, 0.5) is 5.69 Å². The largest absolute Gasteiger partial charge is 0.374 e. The van der Waals surface area contributed by atoms with Gasteiger partial charge in [0.1, 0.15) is 6.23 Å². The highest BCUT2D eigenvalue weighted by Gasteiger charge is 2.38. The fraction of sp³-hybridized carbons (Fsp3) is 0.400. The predicted octanol–water partition coefficient (Wildman–Crippen LogP) is -0.287. The molecule has 2 atom stereocenters. The Balaban J connectivity index is 3.05. The number of nitrogens with two attached hydrogens (primary N) is 1. The van der Waals surface area contributed by atoms with Crippen LogP contribution in [0.1, 0.15) is 6.92 Å². The SMILES string of the molecule is CC(O)N(c1ccccc1)C(N)(O)C[N+](=O)[O-]. The number of benzene rings is 1. The molecule has 0 spiro atoms. The molecule has 94 valence electrons. The van der Waals surface area contributed by atoms with Crippen LogP contribution in [0.3, 0.4) is 0 Å². The quantitative estimate of drug-likeness (QED) is 0.371. The summed E-state index contributed by atoms with van der Waals surface area (Å²) in [6.45, 7) is 0.470. The fourth-order valence-electron chi connectivity index (χ4n) is 1.62. The van der Waals surface area contributed by atoms with E-state index in [0.717, 1.165) is 4.90 Å². The third-order valence-corrected chi connectivity index (χ3v) is 2.19. The summed E-state index contributed by atoms with van der Waals surface area (Å²) in [6, 6.07) is 8.27. The van der Waals surface area contributed by atoms with Crippen molar-refractivity contribution in [3.8, 4) is 0 Å². The summed E-state index contributed by atoms with van der Waals surface area (Å²) >= 11 is 0. The molecule has 7 nitrogen and oxygen atoms in total. The minimum Gasteiger partial charge on any atom is -0.374 e. The van der Waals surface area contributed by atoms with Gasteiger partial charge in [0.2, 0.25) is 0 Å². The van der Waals surface area contributed by atoms with Crippen LogP contribution in [0.2, 0.25) is 0 Å². The number of nitrogens with zero attached hydrogens (tertiary/aromatic N) is 2. The summed E-state index contributed by atoms with van der Waals surface area (Å²) in [5, 5.41) is 29.9. The van der Waals surface area contributed by atoms with Crippen LogP contribution in [0.25, 0.3) is 0 Å². The average molecular weight is 241 g/mol. The van der Waals surface area contributed by atoms with Crippen molar-refractivity contribution in [2.75, 3.05) is 11.4 Å². The van der Waals surface area contributed by atoms with E-state index in [1.54, 1.807) is 30.3 Å². The number of aliphatic hydroxyl groups excluding tert-OH is 1. The topological polar surface area (TPSA) is 113 Å². The van der Waals surface area contributed by atoms with Crippen molar-refractivity contribution >= 4 is 5.69 Å². The third kappa shape index (κ3) is 3.38. The summed E-state index contributed by atoms with van der Waals surface area (Å²) in [5.74, 6) is -2.25. The van der Waals surface area contributed by atoms with Gasteiger partial charge in [0.05, 0.1) is 0 Å². The molecule has 17 heavy (non-hydrogen) atoms. The number of para-hydroxylation sites is 1. The second-order valence-electron chi connectivity index (χ2n) is 3.71. The molecule has 1 rings (SSSR count). The molecular formula is C10H15N3O4. The summed E-state index contributed by atoms with van der Waals surface area (Å²) in [6.07, 6.45) is -1.16. The van der Waals surface area contributed by atoms with Crippen molar-refractivity contribution < 1.29 is 15.1 Å². The lowest BCUT2D eigenvalue weighted by Gasteiger charge is -2.37. The Morgan fingerprint density at radius 1 is 1.53 bits per heavy atom. The normalized spacial score (nSPS) is 16.0. The van der Waals surface area contributed by atoms with Gasteiger partial charge in [-0.05, 0) is 19.1 Å². The highest BCUT2D eigenvalue weighted by molar-refractivity contribution is 5.48. The monoisotopic (exact) mass is 241 g/mol. The summed E-state index contributed by atoms with van der Waals surface area (Å²) in [7, 11) is 0. The van der Waals surface area contributed by atoms with E-state index in [1.807, 2.05) is 0 Å². The Morgan fingerprint density at radius 3 is 2.47 bits per heavy atom. The number of nitro groups is 1. The molecule has 0 saturated carbocycles. The molecule has 0 bridgehead atoms. The van der Waals surface area contributed by atoms with Crippen LogP contribution in [-0.4, -0.2) is 33.8 Å². The minimum atomic E-state index is -2.25. The maximum absolute atomic E-state index is 10.4. The molecule has 0 heterocycles. The second-order valence-corrected chi connectivity index (χ2v) is 3.71. The minimum absolute atomic E-state index is 0.398. The van der Waals surface area contributed by atoms with Crippen molar-refractivity contribution in [2.45, 2.75) is 19.0 Å². The number of aliphatic hydroxyl groups is 2. The standard InChI is InChI=1S/C10H15N3O4/c1-8(14)13(9-5-3-2-4-6-9)10(11,15)7-12(16)17/h2-6,8,14-15H,7,11H2,1H3. The molecule has 0 aliphatic heterocycles. The van der Waals surface area contributed by atoms with Crippen LogP contribution < -0.4 is 10.6 Å². The van der Waals surface area contributed by atoms with Gasteiger partial charge in [0, 0.05) is 10.6 Å². The van der Waals surface area contributed by atoms with Gasteiger partial charge in [-0.2, -0.15) is 0 Å². The fourth-order valence-corrected chi connectivity index (χ4v) is 1.62. The van der Waals surface area contributed by atoms with Gasteiger partial charge in [0.15, 0.2) is 0 Å². The zero-order valence-corrected chi connectivity index (χ0v) is 9.35. The molecule has 2 unspecified atom stereocenters. The van der Waals surface area contributed by atoms with E-state index in [9.17, 15) is 20.3 Å². The highest BCUT2D eigenvalue weighted by atomic mass is 16.6. The molecule has 0 aromatic heterocycles. The Morgan fingerprint density at radius 2 is 2.06 bits per heavy atom. The van der Waals surface area contributed by atoms with E-state index >= 15 is 0 Å². The Kier molecular flexibility index (Phi) is 4.00. The van der Waals surface area contributed by atoms with Crippen LogP contribution >= 0.6 is 0 Å². The zero-order valence-electron chi connectivity index (χ0n) is 9.35. The molecule has 1 aromatic rings. The van der Waals surface area contributed by atoms with Crippen LogP contribution in [0.15, 0.2) is 30.3 Å². The summed E-state index contributed by atoms with van der Waals surface area (Å²) < 4.78 is 0. The Labute approximate surface area is 98.2 Å². The molecule has 1 aromatic carbocycles. The molecule has 0 aliphatic rings. The Hall–Kier alpha value is -1.70. The molecule has 7 heteroatoms. The molecule has 4 N–H and O–H groups in total. The molecule has 0 fully saturated rings. The third-order valence-electron chi connectivity index (χ3n) is 2.19. The van der Waals surface area contributed by atoms with E-state index in [1.165, 1.54) is 6.92 Å². The molecule has 0 radical (unpaired) electrons. The predicted molar refractivity (Wildman–Crippen MR) is 61.6 cm³/mol. The molecular weight excluding hydrogens is 226 g/mol. The second kappa shape index (κ2) is 5.09. The lowest BCUT2D eigenvalue weighted by molar-refractivity contribution is -0.500. The maximum Gasteiger partial charge on any atom is 0.265 e. The van der Waals surface area contributed by atoms with Crippen LogP contribution in [-0.2, 0) is 0 Å². The van der Waals surface area contributed by atoms with E-state index in [-0.39, 0.29) is 0 Å².